The zero-order valence-corrected chi connectivity index (χ0v) is 12.0. The minimum absolute atomic E-state index is 0.120. The number of fused-ring (bicyclic) bond motifs is 1. The molecule has 3 aromatic rings. The molecule has 0 spiro atoms. The van der Waals surface area contributed by atoms with E-state index in [9.17, 15) is 10.1 Å². The third-order valence-electron chi connectivity index (χ3n) is 3.69. The van der Waals surface area contributed by atoms with Gasteiger partial charge in [0.05, 0.1) is 5.92 Å². The van der Waals surface area contributed by atoms with Crippen molar-refractivity contribution in [1.29, 1.82) is 0 Å². The van der Waals surface area contributed by atoms with Crippen molar-refractivity contribution in [3.05, 3.63) is 88.1 Å². The Bertz CT molecular complexity index is 806. The first-order chi connectivity index (χ1) is 10.7. The molecular formula is C18H16N2O2. The number of nitrogens with one attached hydrogen (secondary N) is 1. The van der Waals surface area contributed by atoms with Crippen molar-refractivity contribution in [1.82, 2.24) is 4.98 Å². The maximum Gasteiger partial charge on any atom is 0.214 e. The van der Waals surface area contributed by atoms with E-state index in [1.807, 2.05) is 72.9 Å². The third-order valence-corrected chi connectivity index (χ3v) is 3.69. The van der Waals surface area contributed by atoms with Crippen molar-refractivity contribution in [2.75, 3.05) is 6.54 Å². The summed E-state index contributed by atoms with van der Waals surface area (Å²) >= 11 is 0. The van der Waals surface area contributed by atoms with Crippen LogP contribution >= 0.6 is 0 Å². The van der Waals surface area contributed by atoms with Crippen LogP contribution in [0.3, 0.4) is 0 Å². The molecule has 0 bridgehead atoms. The second-order valence-corrected chi connectivity index (χ2v) is 5.18. The molecule has 0 aliphatic heterocycles. The van der Waals surface area contributed by atoms with Gasteiger partial charge in [-0.25, -0.2) is 0 Å². The zero-order valence-electron chi connectivity index (χ0n) is 12.0. The topological polar surface area (TPSA) is 58.9 Å². The number of hydrogen-bond donors (Lipinski definition) is 1. The lowest BCUT2D eigenvalue weighted by Crippen LogP contribution is -2.10. The first kappa shape index (κ1) is 14.1. The Labute approximate surface area is 128 Å². The number of para-hydroxylation sites is 1. The highest BCUT2D eigenvalue weighted by Gasteiger charge is 2.18. The van der Waals surface area contributed by atoms with Crippen LogP contribution in [-0.2, 0) is 0 Å². The Kier molecular flexibility index (Phi) is 4.01. The van der Waals surface area contributed by atoms with Gasteiger partial charge in [-0.05, 0) is 17.2 Å². The van der Waals surface area contributed by atoms with Crippen molar-refractivity contribution in [3.63, 3.8) is 0 Å². The number of benzene rings is 2. The van der Waals surface area contributed by atoms with Crippen molar-refractivity contribution in [2.24, 2.45) is 0 Å². The monoisotopic (exact) mass is 292 g/mol. The Morgan fingerprint density at radius 1 is 1.09 bits per heavy atom. The summed E-state index contributed by atoms with van der Waals surface area (Å²) in [5, 5.41) is 12.0. The van der Waals surface area contributed by atoms with Crippen LogP contribution < -0.4 is 0 Å². The number of nitrogens with zero attached hydrogens (tertiary/aromatic N) is 1. The van der Waals surface area contributed by atoms with E-state index in [0.29, 0.717) is 0 Å². The molecule has 1 N–H and O–H groups in total. The Morgan fingerprint density at radius 2 is 1.82 bits per heavy atom. The third kappa shape index (κ3) is 3.06. The molecule has 2 aromatic carbocycles. The minimum atomic E-state index is -0.262. The molecule has 0 saturated carbocycles. The summed E-state index contributed by atoms with van der Waals surface area (Å²) in [6.07, 6.45) is 5.72. The molecule has 0 aliphatic rings. The van der Waals surface area contributed by atoms with Gasteiger partial charge in [-0.1, -0.05) is 60.7 Å². The molecule has 0 fully saturated rings. The van der Waals surface area contributed by atoms with Crippen LogP contribution in [0.1, 0.15) is 17.0 Å². The first-order valence-electron chi connectivity index (χ1n) is 7.15. The molecule has 4 heteroatoms. The molecule has 1 unspecified atom stereocenters. The van der Waals surface area contributed by atoms with Gasteiger partial charge < -0.3 is 4.98 Å². The van der Waals surface area contributed by atoms with Gasteiger partial charge in [-0.3, -0.25) is 10.1 Å². The Hall–Kier alpha value is -2.88. The van der Waals surface area contributed by atoms with E-state index in [2.05, 4.69) is 4.98 Å². The standard InChI is InChI=1S/C18H16N2O2/c21-20(22)13-15(11-10-14-6-2-1-3-7-14)17-12-19-18-9-5-4-8-16(17)18/h1-12,15,19H,13H2/b11-10+. The van der Waals surface area contributed by atoms with E-state index in [4.69, 9.17) is 0 Å². The van der Waals surface area contributed by atoms with Gasteiger partial charge in [-0.2, -0.15) is 0 Å². The SMILES string of the molecule is O=[N+]([O-])CC(/C=C/c1ccccc1)c1c[nH]c2ccccc12. The minimum Gasteiger partial charge on any atom is -0.361 e. The molecule has 0 radical (unpaired) electrons. The lowest BCUT2D eigenvalue weighted by Gasteiger charge is -2.07. The summed E-state index contributed by atoms with van der Waals surface area (Å²) in [7, 11) is 0. The molecule has 0 aliphatic carbocycles. The summed E-state index contributed by atoms with van der Waals surface area (Å²) in [5.41, 5.74) is 2.99. The molecule has 110 valence electrons. The molecule has 3 rings (SSSR count). The van der Waals surface area contributed by atoms with Gasteiger partial charge in [0.1, 0.15) is 0 Å². The summed E-state index contributed by atoms with van der Waals surface area (Å²) in [5.74, 6) is -0.258. The number of hydrogen-bond acceptors (Lipinski definition) is 2. The van der Waals surface area contributed by atoms with E-state index in [-0.39, 0.29) is 17.4 Å². The van der Waals surface area contributed by atoms with Crippen LogP contribution in [0.4, 0.5) is 0 Å². The maximum atomic E-state index is 11.0. The van der Waals surface area contributed by atoms with Crippen molar-refractivity contribution < 1.29 is 4.92 Å². The van der Waals surface area contributed by atoms with Crippen molar-refractivity contribution in [3.8, 4) is 0 Å². The lowest BCUT2D eigenvalue weighted by atomic mass is 9.97. The van der Waals surface area contributed by atoms with E-state index in [1.54, 1.807) is 0 Å². The molecular weight excluding hydrogens is 276 g/mol. The van der Waals surface area contributed by atoms with Crippen molar-refractivity contribution >= 4 is 17.0 Å². The number of rotatable bonds is 5. The van der Waals surface area contributed by atoms with Gasteiger partial charge in [0.15, 0.2) is 0 Å². The smallest absolute Gasteiger partial charge is 0.214 e. The molecule has 1 aromatic heterocycles. The highest BCUT2D eigenvalue weighted by molar-refractivity contribution is 5.84. The number of H-pyrrole nitrogens is 1. The number of nitro groups is 1. The number of aromatic nitrogens is 1. The van der Waals surface area contributed by atoms with Crippen LogP contribution in [-0.4, -0.2) is 16.5 Å². The summed E-state index contributed by atoms with van der Waals surface area (Å²) in [6, 6.07) is 17.7. The second-order valence-electron chi connectivity index (χ2n) is 5.18. The van der Waals surface area contributed by atoms with Gasteiger partial charge in [-0.15, -0.1) is 0 Å². The fourth-order valence-corrected chi connectivity index (χ4v) is 2.62. The molecule has 1 heterocycles. The largest absolute Gasteiger partial charge is 0.361 e. The van der Waals surface area contributed by atoms with E-state index in [0.717, 1.165) is 22.0 Å². The highest BCUT2D eigenvalue weighted by atomic mass is 16.6. The van der Waals surface area contributed by atoms with E-state index in [1.165, 1.54) is 0 Å². The first-order valence-corrected chi connectivity index (χ1v) is 7.15. The van der Waals surface area contributed by atoms with Gasteiger partial charge >= 0.3 is 0 Å². The highest BCUT2D eigenvalue weighted by Crippen LogP contribution is 2.27. The molecule has 1 atom stereocenters. The number of aromatic amines is 1. The fourth-order valence-electron chi connectivity index (χ4n) is 2.62. The van der Waals surface area contributed by atoms with Gasteiger partial charge in [0.2, 0.25) is 6.54 Å². The average molecular weight is 292 g/mol. The summed E-state index contributed by atoms with van der Waals surface area (Å²) in [6.45, 7) is -0.120. The Balaban J connectivity index is 1.96. The molecule has 22 heavy (non-hydrogen) atoms. The van der Waals surface area contributed by atoms with Crippen LogP contribution in [0.25, 0.3) is 17.0 Å². The van der Waals surface area contributed by atoms with Crippen LogP contribution in [0.15, 0.2) is 66.9 Å². The summed E-state index contributed by atoms with van der Waals surface area (Å²) in [4.78, 5) is 13.9. The predicted octanol–water partition coefficient (Wildman–Crippen LogP) is 4.24. The van der Waals surface area contributed by atoms with Crippen LogP contribution in [0.2, 0.25) is 0 Å². The average Bonchev–Trinajstić information content (AvgIpc) is 2.96. The van der Waals surface area contributed by atoms with Crippen LogP contribution in [0.5, 0.6) is 0 Å². The molecule has 4 nitrogen and oxygen atoms in total. The van der Waals surface area contributed by atoms with Crippen molar-refractivity contribution in [2.45, 2.75) is 5.92 Å². The Morgan fingerprint density at radius 3 is 2.59 bits per heavy atom. The fraction of sp³-hybridized carbons (Fsp3) is 0.111. The van der Waals surface area contributed by atoms with E-state index >= 15 is 0 Å². The molecule has 0 saturated heterocycles. The van der Waals surface area contributed by atoms with Gasteiger partial charge in [0, 0.05) is 22.0 Å². The normalized spacial score (nSPS) is 12.7. The maximum absolute atomic E-state index is 11.0. The second kappa shape index (κ2) is 6.26. The summed E-state index contributed by atoms with van der Waals surface area (Å²) < 4.78 is 0. The van der Waals surface area contributed by atoms with Gasteiger partial charge in [0.25, 0.3) is 0 Å². The lowest BCUT2D eigenvalue weighted by molar-refractivity contribution is -0.481. The van der Waals surface area contributed by atoms with E-state index < -0.39 is 0 Å². The quantitative estimate of drug-likeness (QED) is 0.564. The van der Waals surface area contributed by atoms with Crippen LogP contribution in [0, 0.1) is 10.1 Å². The predicted molar refractivity (Wildman–Crippen MR) is 88.4 cm³/mol. The zero-order chi connectivity index (χ0) is 15.4. The molecule has 0 amide bonds.